The second-order valence-corrected chi connectivity index (χ2v) is 15.3. The average molecular weight is 722 g/mol. The topological polar surface area (TPSA) is 4.41 Å². The highest BCUT2D eigenvalue weighted by molar-refractivity contribution is 6.25. The van der Waals surface area contributed by atoms with Crippen LogP contribution in [0.1, 0.15) is 0 Å². The van der Waals surface area contributed by atoms with E-state index in [9.17, 15) is 0 Å². The zero-order valence-electron chi connectivity index (χ0n) is 31.2. The van der Waals surface area contributed by atoms with Crippen molar-refractivity contribution in [1.82, 2.24) is 4.40 Å². The monoisotopic (exact) mass is 721 g/mol. The molecule has 2 heterocycles. The highest BCUT2D eigenvalue weighted by Crippen LogP contribution is 2.45. The van der Waals surface area contributed by atoms with E-state index >= 15 is 0 Å². The summed E-state index contributed by atoms with van der Waals surface area (Å²) < 4.78 is 2.50. The number of hydrogen-bond acceptors (Lipinski definition) is 0. The van der Waals surface area contributed by atoms with Gasteiger partial charge in [0.1, 0.15) is 0 Å². The van der Waals surface area contributed by atoms with Gasteiger partial charge in [0.05, 0.1) is 16.6 Å². The first-order valence-electron chi connectivity index (χ1n) is 19.7. The normalized spacial score (nSPS) is 11.9. The summed E-state index contributed by atoms with van der Waals surface area (Å²) in [6.07, 6.45) is 0. The van der Waals surface area contributed by atoms with Gasteiger partial charge in [-0.05, 0) is 126 Å². The van der Waals surface area contributed by atoms with E-state index < -0.39 is 0 Å². The number of nitrogens with zero attached hydrogens (tertiary/aromatic N) is 1. The van der Waals surface area contributed by atoms with Crippen LogP contribution in [0.15, 0.2) is 212 Å². The zero-order chi connectivity index (χ0) is 37.5. The van der Waals surface area contributed by atoms with Crippen LogP contribution in [-0.4, -0.2) is 4.40 Å². The summed E-state index contributed by atoms with van der Waals surface area (Å²) in [5, 5.41) is 10.2. The highest BCUT2D eigenvalue weighted by atomic mass is 14.9. The summed E-state index contributed by atoms with van der Waals surface area (Å²) in [4.78, 5) is 0. The largest absolute Gasteiger partial charge is 0.308 e. The molecule has 0 fully saturated rings. The molecule has 0 aliphatic carbocycles. The van der Waals surface area contributed by atoms with E-state index in [1.165, 1.54) is 115 Å². The van der Waals surface area contributed by atoms with Gasteiger partial charge in [0.2, 0.25) is 0 Å². The van der Waals surface area contributed by atoms with Crippen LogP contribution in [0.5, 0.6) is 0 Å². The zero-order valence-corrected chi connectivity index (χ0v) is 31.2. The van der Waals surface area contributed by atoms with Crippen molar-refractivity contribution in [1.29, 1.82) is 0 Å². The molecule has 0 aliphatic rings. The van der Waals surface area contributed by atoms with Crippen molar-refractivity contribution in [3.05, 3.63) is 212 Å². The Balaban J connectivity index is 1.08. The lowest BCUT2D eigenvalue weighted by molar-refractivity contribution is 1.37. The van der Waals surface area contributed by atoms with Gasteiger partial charge in [-0.15, -0.1) is 0 Å². The minimum absolute atomic E-state index is 1.21. The van der Waals surface area contributed by atoms with Crippen molar-refractivity contribution >= 4 is 59.6 Å². The number of benzene rings is 10. The molecule has 0 saturated carbocycles. The molecule has 0 amide bonds. The molecule has 0 saturated heterocycles. The average Bonchev–Trinajstić information content (AvgIpc) is 3.80. The lowest BCUT2D eigenvalue weighted by Crippen LogP contribution is -1.85. The summed E-state index contributed by atoms with van der Waals surface area (Å²) in [6, 6.07) is 78.3. The second kappa shape index (κ2) is 12.5. The lowest BCUT2D eigenvalue weighted by atomic mass is 9.93. The Hall–Kier alpha value is -7.48. The van der Waals surface area contributed by atoms with Crippen LogP contribution < -0.4 is 0 Å². The molecular weight excluding hydrogens is 687 g/mol. The standard InChI is InChI=1S/C56H35N/c1-2-12-36(13-3-1)39-18-8-19-40(30-39)41-20-9-21-42(31-41)43-26-28-54-50(32-43)52-34-45(49-25-11-17-38-15-5-7-23-47(38)49)35-53-51-33-44(27-29-55(51)57(54)56(52)53)48-24-10-16-37-14-4-6-22-46(37)48/h1-35H. The SMILES string of the molecule is c1ccc(-c2cccc(-c3cccc(-c4ccc5c(c4)c4cc(-c6cccc7ccccc67)cc6c7cc(-c8cccc9ccccc89)ccc7n5c46)c3)c2)cc1. The van der Waals surface area contributed by atoms with E-state index in [0.29, 0.717) is 0 Å². The first kappa shape index (κ1) is 31.8. The molecule has 0 N–H and O–H groups in total. The summed E-state index contributed by atoms with van der Waals surface area (Å²) in [5.74, 6) is 0. The molecule has 0 spiro atoms. The van der Waals surface area contributed by atoms with Crippen molar-refractivity contribution in [2.45, 2.75) is 0 Å². The predicted molar refractivity (Wildman–Crippen MR) is 243 cm³/mol. The van der Waals surface area contributed by atoms with Crippen LogP contribution in [0.4, 0.5) is 0 Å². The third kappa shape index (κ3) is 5.03. The van der Waals surface area contributed by atoms with Gasteiger partial charge in [-0.2, -0.15) is 0 Å². The van der Waals surface area contributed by atoms with E-state index in [0.717, 1.165) is 0 Å². The first-order valence-corrected chi connectivity index (χ1v) is 19.7. The van der Waals surface area contributed by atoms with Gasteiger partial charge in [-0.3, -0.25) is 0 Å². The number of fused-ring (bicyclic) bond motifs is 8. The summed E-state index contributed by atoms with van der Waals surface area (Å²) in [7, 11) is 0. The fourth-order valence-corrected chi connectivity index (χ4v) is 9.39. The predicted octanol–water partition coefficient (Wildman–Crippen LogP) is 15.5. The van der Waals surface area contributed by atoms with Crippen molar-refractivity contribution in [2.24, 2.45) is 0 Å². The Bertz CT molecular complexity index is 3500. The maximum Gasteiger partial charge on any atom is 0.0620 e. The van der Waals surface area contributed by atoms with Crippen LogP contribution in [0.25, 0.3) is 115 Å². The van der Waals surface area contributed by atoms with Crippen LogP contribution in [-0.2, 0) is 0 Å². The Morgan fingerprint density at radius 2 is 0.632 bits per heavy atom. The maximum atomic E-state index is 2.50. The van der Waals surface area contributed by atoms with Crippen LogP contribution in [0.3, 0.4) is 0 Å². The van der Waals surface area contributed by atoms with E-state index in [2.05, 4.69) is 217 Å². The molecule has 0 radical (unpaired) electrons. The molecule has 0 bridgehead atoms. The van der Waals surface area contributed by atoms with Gasteiger partial charge >= 0.3 is 0 Å². The van der Waals surface area contributed by atoms with E-state index in [-0.39, 0.29) is 0 Å². The van der Waals surface area contributed by atoms with Crippen molar-refractivity contribution in [2.75, 3.05) is 0 Å². The van der Waals surface area contributed by atoms with Crippen molar-refractivity contribution in [3.63, 3.8) is 0 Å². The summed E-state index contributed by atoms with van der Waals surface area (Å²) >= 11 is 0. The Morgan fingerprint density at radius 3 is 1.23 bits per heavy atom. The third-order valence-electron chi connectivity index (χ3n) is 12.1. The fourth-order valence-electron chi connectivity index (χ4n) is 9.39. The highest BCUT2D eigenvalue weighted by Gasteiger charge is 2.21. The molecule has 2 aromatic heterocycles. The second-order valence-electron chi connectivity index (χ2n) is 15.3. The molecule has 12 rings (SSSR count). The van der Waals surface area contributed by atoms with Gasteiger partial charge in [0.25, 0.3) is 0 Å². The Kier molecular flexibility index (Phi) is 7.00. The van der Waals surface area contributed by atoms with E-state index in [4.69, 9.17) is 0 Å². The van der Waals surface area contributed by atoms with Crippen molar-refractivity contribution in [3.8, 4) is 55.6 Å². The minimum Gasteiger partial charge on any atom is -0.308 e. The van der Waals surface area contributed by atoms with E-state index in [1.54, 1.807) is 0 Å². The molecule has 1 heteroatoms. The molecule has 12 aromatic rings. The van der Waals surface area contributed by atoms with E-state index in [1.807, 2.05) is 0 Å². The molecule has 10 aromatic carbocycles. The lowest BCUT2D eigenvalue weighted by Gasteiger charge is -2.10. The number of rotatable bonds is 5. The van der Waals surface area contributed by atoms with Gasteiger partial charge in [0, 0.05) is 21.5 Å². The van der Waals surface area contributed by atoms with Gasteiger partial charge in [-0.25, -0.2) is 0 Å². The first-order chi connectivity index (χ1) is 28.2. The molecule has 0 aliphatic heterocycles. The third-order valence-corrected chi connectivity index (χ3v) is 12.1. The number of aromatic nitrogens is 1. The minimum atomic E-state index is 1.21. The van der Waals surface area contributed by atoms with Crippen molar-refractivity contribution < 1.29 is 0 Å². The Labute approximate surface area is 330 Å². The van der Waals surface area contributed by atoms with Gasteiger partial charge < -0.3 is 4.40 Å². The maximum absolute atomic E-state index is 2.50. The summed E-state index contributed by atoms with van der Waals surface area (Å²) in [5.41, 5.74) is 16.0. The van der Waals surface area contributed by atoms with Crippen LogP contribution in [0, 0.1) is 0 Å². The molecule has 0 atom stereocenters. The Morgan fingerprint density at radius 1 is 0.228 bits per heavy atom. The van der Waals surface area contributed by atoms with Gasteiger partial charge in [0.15, 0.2) is 0 Å². The van der Waals surface area contributed by atoms with Crippen LogP contribution >= 0.6 is 0 Å². The molecule has 0 unspecified atom stereocenters. The van der Waals surface area contributed by atoms with Gasteiger partial charge in [-0.1, -0.05) is 164 Å². The fraction of sp³-hybridized carbons (Fsp3) is 0. The molecule has 1 nitrogen and oxygen atoms in total. The quantitative estimate of drug-likeness (QED) is 0.167. The number of hydrogen-bond donors (Lipinski definition) is 0. The smallest absolute Gasteiger partial charge is 0.0620 e. The summed E-state index contributed by atoms with van der Waals surface area (Å²) in [6.45, 7) is 0. The van der Waals surface area contributed by atoms with Crippen LogP contribution in [0.2, 0.25) is 0 Å². The molecule has 264 valence electrons. The molecule has 57 heavy (non-hydrogen) atoms. The molecular formula is C56H35N.